The molecule has 0 aliphatic heterocycles. The Balaban J connectivity index is 1.91. The molecule has 0 aliphatic rings. The van der Waals surface area contributed by atoms with Gasteiger partial charge in [-0.15, -0.1) is 0 Å². The van der Waals surface area contributed by atoms with E-state index < -0.39 is 0 Å². The van der Waals surface area contributed by atoms with Gasteiger partial charge in [0.25, 0.3) is 5.56 Å². The summed E-state index contributed by atoms with van der Waals surface area (Å²) in [6.45, 7) is 1.44. The van der Waals surface area contributed by atoms with E-state index in [4.69, 9.17) is 5.73 Å². The molecule has 0 saturated heterocycles. The first kappa shape index (κ1) is 14.0. The van der Waals surface area contributed by atoms with E-state index in [0.717, 1.165) is 18.7 Å². The summed E-state index contributed by atoms with van der Waals surface area (Å²) in [6.07, 6.45) is 2.50. The lowest BCUT2D eigenvalue weighted by molar-refractivity contribution is 0.475. The van der Waals surface area contributed by atoms with Gasteiger partial charge in [-0.1, -0.05) is 0 Å². The van der Waals surface area contributed by atoms with Crippen LogP contribution in [0, 0.1) is 0 Å². The standard InChI is InChI=1S/C15H19N3O2/c1-17(13-4-6-14(19)7-5-13)9-2-10-18-11-12(16)3-8-15(18)20/h3-8,11,19H,2,9-10,16H2,1H3. The topological polar surface area (TPSA) is 71.5 Å². The van der Waals surface area contributed by atoms with Crippen molar-refractivity contribution >= 4 is 11.4 Å². The molecule has 2 aromatic rings. The Labute approximate surface area is 117 Å². The van der Waals surface area contributed by atoms with Gasteiger partial charge >= 0.3 is 0 Å². The Morgan fingerprint density at radius 1 is 1.20 bits per heavy atom. The zero-order valence-electron chi connectivity index (χ0n) is 11.5. The molecule has 0 radical (unpaired) electrons. The zero-order chi connectivity index (χ0) is 14.5. The summed E-state index contributed by atoms with van der Waals surface area (Å²) in [5, 5.41) is 9.25. The van der Waals surface area contributed by atoms with Gasteiger partial charge in [-0.05, 0) is 36.8 Å². The van der Waals surface area contributed by atoms with Crippen LogP contribution in [0.1, 0.15) is 6.42 Å². The summed E-state index contributed by atoms with van der Waals surface area (Å²) in [7, 11) is 1.98. The van der Waals surface area contributed by atoms with Crippen molar-refractivity contribution in [3.05, 3.63) is 52.9 Å². The predicted octanol–water partition coefficient (Wildman–Crippen LogP) is 1.66. The average molecular weight is 273 g/mol. The lowest BCUT2D eigenvalue weighted by Crippen LogP contribution is -2.23. The van der Waals surface area contributed by atoms with E-state index in [2.05, 4.69) is 4.90 Å². The van der Waals surface area contributed by atoms with E-state index >= 15 is 0 Å². The highest BCUT2D eigenvalue weighted by Gasteiger charge is 2.02. The fourth-order valence-electron chi connectivity index (χ4n) is 2.04. The lowest BCUT2D eigenvalue weighted by Gasteiger charge is -2.19. The van der Waals surface area contributed by atoms with Crippen LogP contribution in [0.2, 0.25) is 0 Å². The SMILES string of the molecule is CN(CCCn1cc(N)ccc1=O)c1ccc(O)cc1. The third-order valence-corrected chi connectivity index (χ3v) is 3.19. The van der Waals surface area contributed by atoms with Crippen LogP contribution in [0.15, 0.2) is 47.4 Å². The maximum Gasteiger partial charge on any atom is 0.250 e. The van der Waals surface area contributed by atoms with Crippen molar-refractivity contribution in [2.45, 2.75) is 13.0 Å². The van der Waals surface area contributed by atoms with Crippen molar-refractivity contribution in [1.82, 2.24) is 4.57 Å². The Kier molecular flexibility index (Phi) is 4.30. The molecule has 20 heavy (non-hydrogen) atoms. The van der Waals surface area contributed by atoms with E-state index in [0.29, 0.717) is 12.2 Å². The molecule has 5 heteroatoms. The molecule has 0 saturated carbocycles. The van der Waals surface area contributed by atoms with Crippen molar-refractivity contribution in [2.75, 3.05) is 24.2 Å². The minimum absolute atomic E-state index is 0.0357. The van der Waals surface area contributed by atoms with Crippen LogP contribution >= 0.6 is 0 Å². The molecule has 0 aliphatic carbocycles. The van der Waals surface area contributed by atoms with Crippen LogP contribution in [0.5, 0.6) is 5.75 Å². The van der Waals surface area contributed by atoms with Crippen molar-refractivity contribution < 1.29 is 5.11 Å². The van der Waals surface area contributed by atoms with Gasteiger partial charge in [-0.2, -0.15) is 0 Å². The number of phenolic OH excluding ortho intramolecular Hbond substituents is 1. The highest BCUT2D eigenvalue weighted by Crippen LogP contribution is 2.17. The summed E-state index contributed by atoms with van der Waals surface area (Å²) in [4.78, 5) is 13.7. The first-order valence-corrected chi connectivity index (χ1v) is 6.52. The molecule has 0 spiro atoms. The second-order valence-electron chi connectivity index (χ2n) is 4.79. The number of aromatic hydroxyl groups is 1. The summed E-state index contributed by atoms with van der Waals surface area (Å²) in [6, 6.07) is 10.1. The third-order valence-electron chi connectivity index (χ3n) is 3.19. The smallest absolute Gasteiger partial charge is 0.250 e. The molecule has 1 aromatic carbocycles. The Morgan fingerprint density at radius 2 is 1.90 bits per heavy atom. The van der Waals surface area contributed by atoms with E-state index in [1.165, 1.54) is 6.07 Å². The number of hydrogen-bond acceptors (Lipinski definition) is 4. The van der Waals surface area contributed by atoms with E-state index in [1.54, 1.807) is 29.0 Å². The maximum absolute atomic E-state index is 11.6. The second kappa shape index (κ2) is 6.14. The first-order valence-electron chi connectivity index (χ1n) is 6.52. The summed E-state index contributed by atoms with van der Waals surface area (Å²) < 4.78 is 1.62. The van der Waals surface area contributed by atoms with Gasteiger partial charge in [0.15, 0.2) is 0 Å². The van der Waals surface area contributed by atoms with Gasteiger partial charge in [0.1, 0.15) is 5.75 Å². The van der Waals surface area contributed by atoms with Crippen LogP contribution in [-0.2, 0) is 6.54 Å². The average Bonchev–Trinajstić information content (AvgIpc) is 2.43. The van der Waals surface area contributed by atoms with Crippen LogP contribution < -0.4 is 16.2 Å². The number of nitrogens with zero attached hydrogens (tertiary/aromatic N) is 2. The van der Waals surface area contributed by atoms with Gasteiger partial charge in [0.05, 0.1) is 0 Å². The minimum atomic E-state index is -0.0357. The van der Waals surface area contributed by atoms with Gasteiger partial charge in [0, 0.05) is 43.8 Å². The highest BCUT2D eigenvalue weighted by atomic mass is 16.3. The van der Waals surface area contributed by atoms with Gasteiger partial charge in [-0.25, -0.2) is 0 Å². The number of hydrogen-bond donors (Lipinski definition) is 2. The number of rotatable bonds is 5. The third kappa shape index (κ3) is 3.54. The van der Waals surface area contributed by atoms with Crippen LogP contribution in [0.3, 0.4) is 0 Å². The fourth-order valence-corrected chi connectivity index (χ4v) is 2.04. The quantitative estimate of drug-likeness (QED) is 0.869. The number of phenols is 1. The Bertz CT molecular complexity index is 620. The first-order chi connectivity index (χ1) is 9.56. The number of nitrogens with two attached hydrogens (primary N) is 1. The van der Waals surface area contributed by atoms with Crippen molar-refractivity contribution in [1.29, 1.82) is 0 Å². The van der Waals surface area contributed by atoms with E-state index in [1.807, 2.05) is 19.2 Å². The molecular formula is C15H19N3O2. The molecule has 0 fully saturated rings. The molecule has 1 aromatic heterocycles. The molecule has 5 nitrogen and oxygen atoms in total. The molecule has 3 N–H and O–H groups in total. The van der Waals surface area contributed by atoms with Crippen molar-refractivity contribution in [3.8, 4) is 5.75 Å². The van der Waals surface area contributed by atoms with Crippen LogP contribution in [0.25, 0.3) is 0 Å². The normalized spacial score (nSPS) is 10.4. The van der Waals surface area contributed by atoms with Crippen LogP contribution in [0.4, 0.5) is 11.4 Å². The highest BCUT2D eigenvalue weighted by molar-refractivity contribution is 5.47. The van der Waals surface area contributed by atoms with Gasteiger partial charge < -0.3 is 20.3 Å². The van der Waals surface area contributed by atoms with Gasteiger partial charge in [0.2, 0.25) is 0 Å². The molecule has 0 bridgehead atoms. The molecular weight excluding hydrogens is 254 g/mol. The number of aromatic nitrogens is 1. The summed E-state index contributed by atoms with van der Waals surface area (Å²) >= 11 is 0. The Morgan fingerprint density at radius 3 is 2.60 bits per heavy atom. The number of benzene rings is 1. The lowest BCUT2D eigenvalue weighted by atomic mass is 10.2. The van der Waals surface area contributed by atoms with E-state index in [9.17, 15) is 9.90 Å². The number of pyridine rings is 1. The monoisotopic (exact) mass is 273 g/mol. The molecule has 0 atom stereocenters. The second-order valence-corrected chi connectivity index (χ2v) is 4.79. The summed E-state index contributed by atoms with van der Waals surface area (Å²) in [5.74, 6) is 0.258. The molecule has 0 amide bonds. The Hall–Kier alpha value is -2.43. The predicted molar refractivity (Wildman–Crippen MR) is 81.1 cm³/mol. The minimum Gasteiger partial charge on any atom is -0.508 e. The van der Waals surface area contributed by atoms with Gasteiger partial charge in [-0.3, -0.25) is 4.79 Å². The number of nitrogen functional groups attached to an aromatic ring is 1. The molecule has 0 unspecified atom stereocenters. The zero-order valence-corrected chi connectivity index (χ0v) is 11.5. The molecule has 106 valence electrons. The fraction of sp³-hybridized carbons (Fsp3) is 0.267. The molecule has 2 rings (SSSR count). The molecule has 1 heterocycles. The number of aryl methyl sites for hydroxylation is 1. The maximum atomic E-state index is 11.6. The van der Waals surface area contributed by atoms with E-state index in [-0.39, 0.29) is 11.3 Å². The van der Waals surface area contributed by atoms with Crippen LogP contribution in [-0.4, -0.2) is 23.3 Å². The van der Waals surface area contributed by atoms with Crippen molar-refractivity contribution in [2.24, 2.45) is 0 Å². The largest absolute Gasteiger partial charge is 0.508 e. The van der Waals surface area contributed by atoms with Crippen molar-refractivity contribution in [3.63, 3.8) is 0 Å². The number of anilines is 2. The summed E-state index contributed by atoms with van der Waals surface area (Å²) in [5.41, 5.74) is 7.26.